The van der Waals surface area contributed by atoms with Gasteiger partial charge < -0.3 is 10.6 Å². The van der Waals surface area contributed by atoms with Crippen molar-refractivity contribution in [1.29, 1.82) is 0 Å². The quantitative estimate of drug-likeness (QED) is 0.885. The molecule has 1 heterocycles. The Kier molecular flexibility index (Phi) is 4.68. The number of nitrogens with zero attached hydrogens (tertiary/aromatic N) is 1. The van der Waals surface area contributed by atoms with Crippen LogP contribution in [0.3, 0.4) is 0 Å². The minimum atomic E-state index is 0.0768. The summed E-state index contributed by atoms with van der Waals surface area (Å²) in [5.74, 6) is 0. The monoisotopic (exact) mass is 310 g/mol. The van der Waals surface area contributed by atoms with Crippen molar-refractivity contribution >= 4 is 21.6 Å². The fourth-order valence-corrected chi connectivity index (χ4v) is 3.16. The zero-order valence-corrected chi connectivity index (χ0v) is 12.9. The van der Waals surface area contributed by atoms with Crippen LogP contribution in [0.1, 0.15) is 51.1 Å². The van der Waals surface area contributed by atoms with Crippen LogP contribution < -0.4 is 10.6 Å². The molecule has 2 N–H and O–H groups in total. The molecule has 2 nitrogen and oxygen atoms in total. The minimum absolute atomic E-state index is 0.0768. The summed E-state index contributed by atoms with van der Waals surface area (Å²) < 4.78 is 1.11. The molecule has 0 spiro atoms. The standard InChI is InChI=1S/C15H23BrN2/c1-11-6-4-3-5-9-18(11)15-8-7-13(16)10-14(15)12(2)17/h7-8,10-12H,3-6,9,17H2,1-2H3. The van der Waals surface area contributed by atoms with Crippen LogP contribution in [0.25, 0.3) is 0 Å². The van der Waals surface area contributed by atoms with Crippen molar-refractivity contribution < 1.29 is 0 Å². The molecule has 2 rings (SSSR count). The summed E-state index contributed by atoms with van der Waals surface area (Å²) in [4.78, 5) is 2.54. The molecule has 0 amide bonds. The van der Waals surface area contributed by atoms with E-state index < -0.39 is 0 Å². The first-order chi connectivity index (χ1) is 8.59. The number of rotatable bonds is 2. The molecule has 2 atom stereocenters. The van der Waals surface area contributed by atoms with Crippen LogP contribution in [-0.2, 0) is 0 Å². The SMILES string of the molecule is CC(N)c1cc(Br)ccc1N1CCCCCC1C. The van der Waals surface area contributed by atoms with Gasteiger partial charge in [0, 0.05) is 28.8 Å². The average Bonchev–Trinajstić information content (AvgIpc) is 2.54. The van der Waals surface area contributed by atoms with Gasteiger partial charge in [0.25, 0.3) is 0 Å². The zero-order valence-electron chi connectivity index (χ0n) is 11.3. The van der Waals surface area contributed by atoms with E-state index in [0.717, 1.165) is 11.0 Å². The van der Waals surface area contributed by atoms with Crippen molar-refractivity contribution in [2.45, 2.75) is 51.6 Å². The molecule has 3 heteroatoms. The Balaban J connectivity index is 2.36. The topological polar surface area (TPSA) is 29.3 Å². The maximum absolute atomic E-state index is 6.13. The first-order valence-corrected chi connectivity index (χ1v) is 7.70. The maximum Gasteiger partial charge on any atom is 0.0417 e. The number of anilines is 1. The van der Waals surface area contributed by atoms with Crippen molar-refractivity contribution in [2.75, 3.05) is 11.4 Å². The lowest BCUT2D eigenvalue weighted by Crippen LogP contribution is -2.33. The number of nitrogens with two attached hydrogens (primary N) is 1. The van der Waals surface area contributed by atoms with E-state index in [4.69, 9.17) is 5.73 Å². The lowest BCUT2D eigenvalue weighted by atomic mass is 10.0. The number of hydrogen-bond donors (Lipinski definition) is 1. The molecule has 0 bridgehead atoms. The highest BCUT2D eigenvalue weighted by Gasteiger charge is 2.20. The van der Waals surface area contributed by atoms with Crippen molar-refractivity contribution in [3.63, 3.8) is 0 Å². The molecule has 1 saturated heterocycles. The van der Waals surface area contributed by atoms with E-state index in [1.807, 2.05) is 0 Å². The first kappa shape index (κ1) is 13.9. The Morgan fingerprint density at radius 3 is 2.83 bits per heavy atom. The molecular weight excluding hydrogens is 288 g/mol. The molecule has 1 aromatic rings. The molecule has 1 aliphatic heterocycles. The summed E-state index contributed by atoms with van der Waals surface area (Å²) in [6.07, 6.45) is 5.28. The molecule has 18 heavy (non-hydrogen) atoms. The molecule has 2 unspecified atom stereocenters. The minimum Gasteiger partial charge on any atom is -0.369 e. The maximum atomic E-state index is 6.13. The van der Waals surface area contributed by atoms with E-state index in [1.165, 1.54) is 36.9 Å². The second-order valence-corrected chi connectivity index (χ2v) is 6.30. The number of hydrogen-bond acceptors (Lipinski definition) is 2. The Morgan fingerprint density at radius 2 is 2.11 bits per heavy atom. The van der Waals surface area contributed by atoms with E-state index in [-0.39, 0.29) is 6.04 Å². The largest absolute Gasteiger partial charge is 0.369 e. The highest BCUT2D eigenvalue weighted by Crippen LogP contribution is 2.32. The van der Waals surface area contributed by atoms with Crippen LogP contribution >= 0.6 is 15.9 Å². The van der Waals surface area contributed by atoms with Crippen molar-refractivity contribution in [2.24, 2.45) is 5.73 Å². The Bertz CT molecular complexity index is 403. The van der Waals surface area contributed by atoms with Gasteiger partial charge in [-0.05, 0) is 50.5 Å². The van der Waals surface area contributed by atoms with Gasteiger partial charge in [-0.25, -0.2) is 0 Å². The van der Waals surface area contributed by atoms with Crippen molar-refractivity contribution in [3.05, 3.63) is 28.2 Å². The van der Waals surface area contributed by atoms with Gasteiger partial charge in [-0.1, -0.05) is 28.8 Å². The lowest BCUT2D eigenvalue weighted by molar-refractivity contribution is 0.612. The second-order valence-electron chi connectivity index (χ2n) is 5.38. The summed E-state index contributed by atoms with van der Waals surface area (Å²) in [6, 6.07) is 7.19. The van der Waals surface area contributed by atoms with Crippen LogP contribution in [0.2, 0.25) is 0 Å². The van der Waals surface area contributed by atoms with Crippen molar-refractivity contribution in [3.8, 4) is 0 Å². The molecule has 0 saturated carbocycles. The number of halogens is 1. The van der Waals surface area contributed by atoms with E-state index in [1.54, 1.807) is 0 Å². The van der Waals surface area contributed by atoms with Gasteiger partial charge in [-0.3, -0.25) is 0 Å². The Hall–Kier alpha value is -0.540. The highest BCUT2D eigenvalue weighted by atomic mass is 79.9. The Labute approximate surface area is 119 Å². The molecule has 0 radical (unpaired) electrons. The average molecular weight is 311 g/mol. The van der Waals surface area contributed by atoms with Crippen LogP contribution in [0.4, 0.5) is 5.69 Å². The summed E-state index contributed by atoms with van der Waals surface area (Å²) in [7, 11) is 0. The highest BCUT2D eigenvalue weighted by molar-refractivity contribution is 9.10. The normalized spacial score (nSPS) is 22.7. The number of benzene rings is 1. The van der Waals surface area contributed by atoms with E-state index in [2.05, 4.69) is 52.9 Å². The van der Waals surface area contributed by atoms with Gasteiger partial charge in [0.1, 0.15) is 0 Å². The first-order valence-electron chi connectivity index (χ1n) is 6.91. The summed E-state index contributed by atoms with van der Waals surface area (Å²) in [6.45, 7) is 5.55. The molecule has 0 aromatic heterocycles. The third-order valence-electron chi connectivity index (χ3n) is 3.84. The van der Waals surface area contributed by atoms with E-state index in [0.29, 0.717) is 6.04 Å². The molecule has 1 aliphatic rings. The van der Waals surface area contributed by atoms with Gasteiger partial charge in [0.05, 0.1) is 0 Å². The predicted octanol–water partition coefficient (Wildman–Crippen LogP) is 4.24. The van der Waals surface area contributed by atoms with E-state index in [9.17, 15) is 0 Å². The molecule has 1 fully saturated rings. The van der Waals surface area contributed by atoms with Gasteiger partial charge >= 0.3 is 0 Å². The predicted molar refractivity (Wildman–Crippen MR) is 82.0 cm³/mol. The Morgan fingerprint density at radius 1 is 1.33 bits per heavy atom. The third-order valence-corrected chi connectivity index (χ3v) is 4.34. The van der Waals surface area contributed by atoms with Gasteiger partial charge in [0.15, 0.2) is 0 Å². The van der Waals surface area contributed by atoms with Crippen molar-refractivity contribution in [1.82, 2.24) is 0 Å². The molecule has 1 aromatic carbocycles. The second kappa shape index (κ2) is 6.07. The third kappa shape index (κ3) is 3.07. The summed E-state index contributed by atoms with van der Waals surface area (Å²) in [5, 5.41) is 0. The summed E-state index contributed by atoms with van der Waals surface area (Å²) >= 11 is 3.55. The van der Waals surface area contributed by atoms with Gasteiger partial charge in [-0.15, -0.1) is 0 Å². The molecule has 100 valence electrons. The fraction of sp³-hybridized carbons (Fsp3) is 0.600. The van der Waals surface area contributed by atoms with E-state index >= 15 is 0 Å². The van der Waals surface area contributed by atoms with Crippen LogP contribution in [-0.4, -0.2) is 12.6 Å². The van der Waals surface area contributed by atoms with Gasteiger partial charge in [-0.2, -0.15) is 0 Å². The smallest absolute Gasteiger partial charge is 0.0417 e. The molecule has 0 aliphatic carbocycles. The van der Waals surface area contributed by atoms with Crippen LogP contribution in [0, 0.1) is 0 Å². The van der Waals surface area contributed by atoms with Crippen LogP contribution in [0.15, 0.2) is 22.7 Å². The van der Waals surface area contributed by atoms with Crippen LogP contribution in [0.5, 0.6) is 0 Å². The zero-order chi connectivity index (χ0) is 13.1. The molecular formula is C15H23BrN2. The summed E-state index contributed by atoms with van der Waals surface area (Å²) in [5.41, 5.74) is 8.70. The lowest BCUT2D eigenvalue weighted by Gasteiger charge is -2.32. The fourth-order valence-electron chi connectivity index (χ4n) is 2.78. The van der Waals surface area contributed by atoms with Gasteiger partial charge in [0.2, 0.25) is 0 Å².